The maximum Gasteiger partial charge on any atom is 0.425 e. The lowest BCUT2D eigenvalue weighted by Crippen LogP contribution is -2.46. The minimum atomic E-state index is -4.75. The molecule has 1 aliphatic rings. The number of aromatic nitrogens is 3. The Hall–Kier alpha value is -3.68. The number of para-hydroxylation sites is 2. The summed E-state index contributed by atoms with van der Waals surface area (Å²) < 4.78 is 75.3. The largest absolute Gasteiger partial charge is 0.462 e. The summed E-state index contributed by atoms with van der Waals surface area (Å²) in [6.45, 7) is 2.24. The predicted octanol–water partition coefficient (Wildman–Crippen LogP) is 3.50. The number of alkyl halides is 3. The fourth-order valence-electron chi connectivity index (χ4n) is 4.33. The number of amides is 1. The molecule has 2 aromatic heterocycles. The van der Waals surface area contributed by atoms with E-state index in [0.717, 1.165) is 0 Å². The van der Waals surface area contributed by atoms with E-state index in [-0.39, 0.29) is 48.7 Å². The van der Waals surface area contributed by atoms with E-state index in [4.69, 9.17) is 10.5 Å². The highest BCUT2D eigenvalue weighted by Gasteiger charge is 2.48. The first-order chi connectivity index (χ1) is 18.0. The van der Waals surface area contributed by atoms with Crippen LogP contribution in [-0.2, 0) is 10.0 Å². The van der Waals surface area contributed by atoms with Crippen LogP contribution in [0, 0.1) is 5.92 Å². The molecule has 3 N–H and O–H groups in total. The number of fused-ring (bicyclic) bond motifs is 1. The molecule has 14 heteroatoms. The second-order valence-electron chi connectivity index (χ2n) is 8.96. The van der Waals surface area contributed by atoms with E-state index in [1.54, 1.807) is 37.3 Å². The second-order valence-corrected chi connectivity index (χ2v) is 10.8. The van der Waals surface area contributed by atoms with Crippen LogP contribution in [0.1, 0.15) is 36.7 Å². The predicted molar refractivity (Wildman–Crippen MR) is 135 cm³/mol. The quantitative estimate of drug-likeness (QED) is 0.411. The van der Waals surface area contributed by atoms with Crippen LogP contribution in [0.4, 0.5) is 24.7 Å². The molecule has 0 aliphatic carbocycles. The number of nitrogens with one attached hydrogen (secondary N) is 1. The number of hydrogen-bond donors (Lipinski definition) is 2. The second kappa shape index (κ2) is 11.0. The van der Waals surface area contributed by atoms with Gasteiger partial charge in [-0.2, -0.15) is 13.2 Å². The number of primary amides is 1. The summed E-state index contributed by atoms with van der Waals surface area (Å²) in [4.78, 5) is 25.5. The van der Waals surface area contributed by atoms with Crippen molar-refractivity contribution < 1.29 is 31.1 Å². The van der Waals surface area contributed by atoms with E-state index in [0.29, 0.717) is 17.6 Å². The topological polar surface area (TPSA) is 140 Å². The molecule has 0 radical (unpaired) electrons. The van der Waals surface area contributed by atoms with Crippen LogP contribution in [0.2, 0.25) is 0 Å². The molecule has 0 spiro atoms. The van der Waals surface area contributed by atoms with Crippen LogP contribution >= 0.6 is 0 Å². The molecule has 3 heterocycles. The average Bonchev–Trinajstić information content (AvgIpc) is 2.86. The Balaban J connectivity index is 1.58. The lowest BCUT2D eigenvalue weighted by atomic mass is 9.90. The summed E-state index contributed by atoms with van der Waals surface area (Å²) >= 11 is 0. The fraction of sp³-hybridized carbons (Fsp3) is 0.417. The van der Waals surface area contributed by atoms with Crippen LogP contribution in [-0.4, -0.2) is 60.4 Å². The molecule has 4 rings (SSSR count). The number of carbonyl (C=O) groups is 1. The van der Waals surface area contributed by atoms with Gasteiger partial charge < -0.3 is 15.4 Å². The third kappa shape index (κ3) is 6.41. The van der Waals surface area contributed by atoms with Gasteiger partial charge in [-0.05, 0) is 43.5 Å². The number of sulfonamides is 1. The van der Waals surface area contributed by atoms with Crippen molar-refractivity contribution in [2.75, 3.05) is 28.5 Å². The van der Waals surface area contributed by atoms with Crippen LogP contribution < -0.4 is 20.1 Å². The zero-order valence-corrected chi connectivity index (χ0v) is 21.3. The number of pyridine rings is 1. The molecule has 1 aliphatic heterocycles. The molecule has 1 fully saturated rings. The Morgan fingerprint density at radius 3 is 2.37 bits per heavy atom. The van der Waals surface area contributed by atoms with Gasteiger partial charge in [0.25, 0.3) is 11.8 Å². The minimum Gasteiger partial charge on any atom is -0.462 e. The number of carbonyl (C=O) groups excluding carboxylic acids is 1. The number of nitrogens with two attached hydrogens (primary N) is 1. The third-order valence-electron chi connectivity index (χ3n) is 6.16. The molecule has 3 aromatic rings. The first-order valence-electron chi connectivity index (χ1n) is 12.0. The van der Waals surface area contributed by atoms with E-state index in [1.165, 1.54) is 12.3 Å². The average molecular weight is 553 g/mol. The molecule has 1 amide bonds. The van der Waals surface area contributed by atoms with Crippen LogP contribution in [0.15, 0.2) is 42.6 Å². The van der Waals surface area contributed by atoms with Crippen LogP contribution in [0.25, 0.3) is 11.0 Å². The van der Waals surface area contributed by atoms with Crippen molar-refractivity contribution in [2.24, 2.45) is 11.7 Å². The standard InChI is InChI=1S/C24H27F3N6O4S/c1-2-13-38(35,36)32-22-23(31-18-6-4-3-5-17(18)30-22)37-20(24(25,26)27)15-9-11-33(12-10-15)16-7-8-19(21(28)34)29-14-16/h3-8,14-15,20H,2,9-13H2,1H3,(H2,28,34)(H,30,32)/t20-/m0/s1. The molecule has 1 saturated heterocycles. The summed E-state index contributed by atoms with van der Waals surface area (Å²) in [5.74, 6) is -2.74. The van der Waals surface area contributed by atoms with Gasteiger partial charge >= 0.3 is 6.18 Å². The molecule has 10 nitrogen and oxygen atoms in total. The van der Waals surface area contributed by atoms with Crippen molar-refractivity contribution >= 4 is 38.5 Å². The number of halogens is 3. The van der Waals surface area contributed by atoms with Gasteiger partial charge in [-0.25, -0.2) is 23.4 Å². The van der Waals surface area contributed by atoms with E-state index in [1.807, 2.05) is 4.90 Å². The van der Waals surface area contributed by atoms with E-state index in [2.05, 4.69) is 19.7 Å². The first kappa shape index (κ1) is 27.4. The van der Waals surface area contributed by atoms with E-state index in [9.17, 15) is 26.4 Å². The molecule has 1 atom stereocenters. The Kier molecular flexibility index (Phi) is 7.90. The number of rotatable bonds is 9. The number of hydrogen-bond acceptors (Lipinski definition) is 8. The van der Waals surface area contributed by atoms with Crippen LogP contribution in [0.5, 0.6) is 5.88 Å². The minimum absolute atomic E-state index is 0.0935. The van der Waals surface area contributed by atoms with Crippen molar-refractivity contribution in [3.05, 3.63) is 48.3 Å². The normalized spacial score (nSPS) is 15.8. The lowest BCUT2D eigenvalue weighted by Gasteiger charge is -2.37. The van der Waals surface area contributed by atoms with Crippen molar-refractivity contribution in [3.63, 3.8) is 0 Å². The molecule has 0 unspecified atom stereocenters. The molecular formula is C24H27F3N6O4S. The number of anilines is 2. The molecular weight excluding hydrogens is 525 g/mol. The Morgan fingerprint density at radius 1 is 1.16 bits per heavy atom. The summed E-state index contributed by atoms with van der Waals surface area (Å²) in [5, 5.41) is 0. The molecule has 0 bridgehead atoms. The number of ether oxygens (including phenoxy) is 1. The summed E-state index contributed by atoms with van der Waals surface area (Å²) in [6.07, 6.45) is -4.94. The lowest BCUT2D eigenvalue weighted by molar-refractivity contribution is -0.212. The molecule has 0 saturated carbocycles. The van der Waals surface area contributed by atoms with E-state index >= 15 is 0 Å². The highest BCUT2D eigenvalue weighted by atomic mass is 32.2. The highest BCUT2D eigenvalue weighted by Crippen LogP contribution is 2.37. The number of nitrogens with zero attached hydrogens (tertiary/aromatic N) is 4. The maximum absolute atomic E-state index is 14.3. The zero-order valence-electron chi connectivity index (χ0n) is 20.5. The van der Waals surface area contributed by atoms with Gasteiger partial charge in [-0.15, -0.1) is 0 Å². The van der Waals surface area contributed by atoms with Gasteiger partial charge in [-0.3, -0.25) is 9.52 Å². The summed E-state index contributed by atoms with van der Waals surface area (Å²) in [7, 11) is -3.87. The van der Waals surface area contributed by atoms with Gasteiger partial charge in [-0.1, -0.05) is 19.1 Å². The third-order valence-corrected chi connectivity index (χ3v) is 7.61. The monoisotopic (exact) mass is 552 g/mol. The summed E-state index contributed by atoms with van der Waals surface area (Å²) in [5.41, 5.74) is 6.53. The SMILES string of the molecule is CCCS(=O)(=O)Nc1nc2ccccc2nc1O[C@@H](C1CCN(c2ccc(C(N)=O)nc2)CC1)C(F)(F)F. The Bertz CT molecular complexity index is 1390. The summed E-state index contributed by atoms with van der Waals surface area (Å²) in [6, 6.07) is 9.54. The fourth-order valence-corrected chi connectivity index (χ4v) is 5.40. The molecule has 38 heavy (non-hydrogen) atoms. The van der Waals surface area contributed by atoms with Gasteiger partial charge in [0.05, 0.1) is 28.7 Å². The Labute approximate surface area is 217 Å². The van der Waals surface area contributed by atoms with Crippen LogP contribution in [0.3, 0.4) is 0 Å². The smallest absolute Gasteiger partial charge is 0.425 e. The zero-order chi connectivity index (χ0) is 27.5. The van der Waals surface area contributed by atoms with Gasteiger partial charge in [0.1, 0.15) is 5.69 Å². The van der Waals surface area contributed by atoms with Gasteiger partial charge in [0.15, 0.2) is 6.10 Å². The first-order valence-corrected chi connectivity index (χ1v) is 13.6. The van der Waals surface area contributed by atoms with Gasteiger partial charge in [0, 0.05) is 19.0 Å². The number of benzene rings is 1. The van der Waals surface area contributed by atoms with Crippen molar-refractivity contribution in [3.8, 4) is 5.88 Å². The van der Waals surface area contributed by atoms with Crippen molar-refractivity contribution in [2.45, 2.75) is 38.5 Å². The molecule has 1 aromatic carbocycles. The molecule has 204 valence electrons. The number of piperidine rings is 1. The van der Waals surface area contributed by atoms with Crippen molar-refractivity contribution in [1.29, 1.82) is 0 Å². The maximum atomic E-state index is 14.3. The van der Waals surface area contributed by atoms with Crippen molar-refractivity contribution in [1.82, 2.24) is 15.0 Å². The highest BCUT2D eigenvalue weighted by molar-refractivity contribution is 7.92. The van der Waals surface area contributed by atoms with E-state index < -0.39 is 40.0 Å². The van der Waals surface area contributed by atoms with Gasteiger partial charge in [0.2, 0.25) is 15.8 Å². The Morgan fingerprint density at radius 2 is 1.82 bits per heavy atom.